The second-order valence-corrected chi connectivity index (χ2v) is 5.60. The number of ether oxygens (including phenoxy) is 1. The van der Waals surface area contributed by atoms with Gasteiger partial charge >= 0.3 is 0 Å². The Kier molecular flexibility index (Phi) is 2.77. The van der Waals surface area contributed by atoms with E-state index in [0.29, 0.717) is 12.5 Å². The number of nitrogens with two attached hydrogens (primary N) is 1. The highest BCUT2D eigenvalue weighted by molar-refractivity contribution is 9.10. The quantitative estimate of drug-likeness (QED) is 0.851. The summed E-state index contributed by atoms with van der Waals surface area (Å²) in [6.45, 7) is 4.90. The Hall–Kier alpha value is -0.540. The molecule has 15 heavy (non-hydrogen) atoms. The Balaban J connectivity index is 2.44. The fourth-order valence-corrected chi connectivity index (χ4v) is 2.56. The van der Waals surface area contributed by atoms with Gasteiger partial charge in [0.25, 0.3) is 0 Å². The number of benzene rings is 1. The molecule has 1 aromatic carbocycles. The number of rotatable bonds is 1. The first-order valence-corrected chi connectivity index (χ1v) is 6.00. The van der Waals surface area contributed by atoms with Crippen LogP contribution in [0.25, 0.3) is 0 Å². The van der Waals surface area contributed by atoms with Crippen molar-refractivity contribution < 1.29 is 4.74 Å². The molecule has 0 spiro atoms. The lowest BCUT2D eigenvalue weighted by molar-refractivity contribution is 0.0731. The molecule has 0 saturated carbocycles. The minimum absolute atomic E-state index is 0.106. The van der Waals surface area contributed by atoms with Gasteiger partial charge in [0.15, 0.2) is 0 Å². The van der Waals surface area contributed by atoms with Gasteiger partial charge in [0, 0.05) is 10.4 Å². The molecule has 1 atom stereocenters. The summed E-state index contributed by atoms with van der Waals surface area (Å²) < 4.78 is 7.02. The number of fused-ring (bicyclic) bond motifs is 1. The Labute approximate surface area is 98.9 Å². The predicted molar refractivity (Wildman–Crippen MR) is 65.3 cm³/mol. The molecule has 3 heteroatoms. The van der Waals surface area contributed by atoms with Crippen LogP contribution in [-0.2, 0) is 0 Å². The van der Waals surface area contributed by atoms with E-state index in [1.54, 1.807) is 0 Å². The second kappa shape index (κ2) is 3.80. The lowest BCUT2D eigenvalue weighted by Crippen LogP contribution is -2.36. The molecule has 0 saturated heterocycles. The molecule has 1 aliphatic rings. The summed E-state index contributed by atoms with van der Waals surface area (Å²) in [5.41, 5.74) is 6.94. The molecule has 2 rings (SSSR count). The highest BCUT2D eigenvalue weighted by Crippen LogP contribution is 2.41. The van der Waals surface area contributed by atoms with Crippen LogP contribution in [0, 0.1) is 0 Å². The van der Waals surface area contributed by atoms with Crippen LogP contribution in [0.2, 0.25) is 0 Å². The van der Waals surface area contributed by atoms with Gasteiger partial charge in [-0.3, -0.25) is 0 Å². The lowest BCUT2D eigenvalue weighted by atomic mass is 9.84. The van der Waals surface area contributed by atoms with Crippen molar-refractivity contribution in [3.8, 4) is 5.75 Å². The molecule has 0 fully saturated rings. The van der Waals surface area contributed by atoms with Crippen LogP contribution in [0.3, 0.4) is 0 Å². The first-order chi connectivity index (χ1) is 7.02. The molecule has 2 nitrogen and oxygen atoms in total. The normalized spacial score (nSPS) is 23.1. The van der Waals surface area contributed by atoms with E-state index < -0.39 is 0 Å². The minimum atomic E-state index is -0.106. The molecule has 0 radical (unpaired) electrons. The Morgan fingerprint density at radius 2 is 2.27 bits per heavy atom. The van der Waals surface area contributed by atoms with E-state index in [4.69, 9.17) is 10.5 Å². The first kappa shape index (κ1) is 11.0. The van der Waals surface area contributed by atoms with E-state index in [1.807, 2.05) is 12.1 Å². The van der Waals surface area contributed by atoms with Gasteiger partial charge in [-0.15, -0.1) is 0 Å². The minimum Gasteiger partial charge on any atom is -0.488 e. The van der Waals surface area contributed by atoms with Gasteiger partial charge < -0.3 is 10.5 Å². The number of halogens is 1. The predicted octanol–water partition coefficient (Wildman–Crippen LogP) is 3.05. The number of hydrogen-bond acceptors (Lipinski definition) is 2. The van der Waals surface area contributed by atoms with Crippen molar-refractivity contribution >= 4 is 15.9 Å². The molecule has 0 bridgehead atoms. The van der Waals surface area contributed by atoms with Gasteiger partial charge in [-0.1, -0.05) is 15.9 Å². The SMILES string of the molecule is CC1(C)CC(CN)c2cc(Br)ccc2O1. The van der Waals surface area contributed by atoms with Crippen molar-refractivity contribution in [1.29, 1.82) is 0 Å². The average molecular weight is 270 g/mol. The van der Waals surface area contributed by atoms with Crippen LogP contribution < -0.4 is 10.5 Å². The summed E-state index contributed by atoms with van der Waals surface area (Å²) in [4.78, 5) is 0. The van der Waals surface area contributed by atoms with Crippen molar-refractivity contribution in [1.82, 2.24) is 0 Å². The summed E-state index contributed by atoms with van der Waals surface area (Å²) in [7, 11) is 0. The zero-order chi connectivity index (χ0) is 11.1. The van der Waals surface area contributed by atoms with Crippen LogP contribution in [0.1, 0.15) is 31.7 Å². The van der Waals surface area contributed by atoms with Gasteiger partial charge in [-0.25, -0.2) is 0 Å². The lowest BCUT2D eigenvalue weighted by Gasteiger charge is -2.37. The molecule has 1 heterocycles. The van der Waals surface area contributed by atoms with Gasteiger partial charge in [0.05, 0.1) is 0 Å². The maximum absolute atomic E-state index is 5.93. The van der Waals surface area contributed by atoms with E-state index in [0.717, 1.165) is 16.6 Å². The van der Waals surface area contributed by atoms with Crippen LogP contribution in [-0.4, -0.2) is 12.1 Å². The highest BCUT2D eigenvalue weighted by atomic mass is 79.9. The van der Waals surface area contributed by atoms with Crippen molar-refractivity contribution in [3.05, 3.63) is 28.2 Å². The van der Waals surface area contributed by atoms with E-state index in [-0.39, 0.29) is 5.60 Å². The summed E-state index contributed by atoms with van der Waals surface area (Å²) in [5, 5.41) is 0. The average Bonchev–Trinajstić information content (AvgIpc) is 2.16. The molecule has 0 aliphatic carbocycles. The number of hydrogen-bond donors (Lipinski definition) is 1. The molecule has 0 amide bonds. The Morgan fingerprint density at radius 1 is 1.53 bits per heavy atom. The zero-order valence-corrected chi connectivity index (χ0v) is 10.7. The maximum Gasteiger partial charge on any atom is 0.123 e. The van der Waals surface area contributed by atoms with Gasteiger partial charge in [0.1, 0.15) is 11.4 Å². The third kappa shape index (κ3) is 2.18. The highest BCUT2D eigenvalue weighted by Gasteiger charge is 2.32. The fraction of sp³-hybridized carbons (Fsp3) is 0.500. The molecule has 0 aromatic heterocycles. The zero-order valence-electron chi connectivity index (χ0n) is 9.09. The van der Waals surface area contributed by atoms with Crippen molar-refractivity contribution in [2.24, 2.45) is 5.73 Å². The topological polar surface area (TPSA) is 35.2 Å². The van der Waals surface area contributed by atoms with Crippen molar-refractivity contribution in [2.75, 3.05) is 6.54 Å². The van der Waals surface area contributed by atoms with E-state index >= 15 is 0 Å². The fourth-order valence-electron chi connectivity index (χ4n) is 2.18. The molecule has 1 aliphatic heterocycles. The molecule has 2 N–H and O–H groups in total. The van der Waals surface area contributed by atoms with Gasteiger partial charge in [-0.05, 0) is 50.6 Å². The summed E-state index contributed by atoms with van der Waals surface area (Å²) in [6, 6.07) is 6.14. The van der Waals surface area contributed by atoms with Crippen LogP contribution in [0.15, 0.2) is 22.7 Å². The molecule has 1 unspecified atom stereocenters. The smallest absolute Gasteiger partial charge is 0.123 e. The maximum atomic E-state index is 5.93. The third-order valence-electron chi connectivity index (χ3n) is 2.82. The first-order valence-electron chi connectivity index (χ1n) is 5.20. The van der Waals surface area contributed by atoms with Crippen molar-refractivity contribution in [3.63, 3.8) is 0 Å². The summed E-state index contributed by atoms with van der Waals surface area (Å²) >= 11 is 3.48. The summed E-state index contributed by atoms with van der Waals surface area (Å²) in [5.74, 6) is 1.38. The molecule has 82 valence electrons. The third-order valence-corrected chi connectivity index (χ3v) is 3.31. The Bertz CT molecular complexity index is 376. The molecular formula is C12H16BrNO. The van der Waals surface area contributed by atoms with E-state index in [2.05, 4.69) is 35.8 Å². The van der Waals surface area contributed by atoms with Crippen LogP contribution in [0.5, 0.6) is 5.75 Å². The molecule has 1 aromatic rings. The standard InChI is InChI=1S/C12H16BrNO/c1-12(2)6-8(7-14)10-5-9(13)3-4-11(10)15-12/h3-5,8H,6-7,14H2,1-2H3. The van der Waals surface area contributed by atoms with Gasteiger partial charge in [-0.2, -0.15) is 0 Å². The second-order valence-electron chi connectivity index (χ2n) is 4.68. The van der Waals surface area contributed by atoms with E-state index in [9.17, 15) is 0 Å². The molecular weight excluding hydrogens is 254 g/mol. The van der Waals surface area contributed by atoms with Gasteiger partial charge in [0.2, 0.25) is 0 Å². The van der Waals surface area contributed by atoms with E-state index in [1.165, 1.54) is 5.56 Å². The summed E-state index contributed by atoms with van der Waals surface area (Å²) in [6.07, 6.45) is 0.979. The monoisotopic (exact) mass is 269 g/mol. The van der Waals surface area contributed by atoms with Crippen molar-refractivity contribution in [2.45, 2.75) is 31.8 Å². The van der Waals surface area contributed by atoms with Crippen LogP contribution in [0.4, 0.5) is 0 Å². The van der Waals surface area contributed by atoms with Crippen LogP contribution >= 0.6 is 15.9 Å². The Morgan fingerprint density at radius 3 is 2.93 bits per heavy atom. The largest absolute Gasteiger partial charge is 0.488 e.